The van der Waals surface area contributed by atoms with Gasteiger partial charge in [-0.3, -0.25) is 0 Å². The lowest BCUT2D eigenvalue weighted by Crippen LogP contribution is -2.43. The van der Waals surface area contributed by atoms with Crippen LogP contribution >= 0.6 is 0 Å². The van der Waals surface area contributed by atoms with E-state index in [0.29, 0.717) is 27.4 Å². The average Bonchev–Trinajstić information content (AvgIpc) is 2.67. The Kier molecular flexibility index (Phi) is 7.51. The molecule has 0 atom stereocenters. The van der Waals surface area contributed by atoms with Crippen molar-refractivity contribution in [2.75, 3.05) is 7.11 Å². The minimum atomic E-state index is -2.13. The fraction of sp³-hybridized carbons (Fsp3) is 0.435. The van der Waals surface area contributed by atoms with E-state index in [9.17, 15) is 19.2 Å². The van der Waals surface area contributed by atoms with Crippen LogP contribution in [0.25, 0.3) is 10.8 Å². The van der Waals surface area contributed by atoms with E-state index in [4.69, 9.17) is 4.74 Å². The molecule has 0 spiro atoms. The summed E-state index contributed by atoms with van der Waals surface area (Å²) in [5.41, 5.74) is 4.93. The normalized spacial score (nSPS) is 11.8. The van der Waals surface area contributed by atoms with Gasteiger partial charge in [-0.05, 0) is 45.7 Å². The van der Waals surface area contributed by atoms with Crippen LogP contribution in [0, 0.1) is 17.3 Å². The fourth-order valence-corrected chi connectivity index (χ4v) is 9.85. The van der Waals surface area contributed by atoms with Crippen molar-refractivity contribution < 1.29 is 24.0 Å². The highest BCUT2D eigenvalue weighted by molar-refractivity contribution is 6.90. The molecule has 30 heavy (non-hydrogen) atoms. The maximum absolute atomic E-state index is 14.9. The number of halogens is 1. The predicted octanol–water partition coefficient (Wildman–Crippen LogP) is 4.01. The van der Waals surface area contributed by atoms with Gasteiger partial charge in [-0.15, -0.1) is 5.54 Å². The molecular formula is C23H30BFO4Si. The lowest BCUT2D eigenvalue weighted by molar-refractivity contribution is 0.0601. The third-order valence-corrected chi connectivity index (χ3v) is 12.4. The number of methoxy groups -OCH3 is 1. The van der Waals surface area contributed by atoms with Gasteiger partial charge in [0.25, 0.3) is 0 Å². The monoisotopic (exact) mass is 428 g/mol. The second kappa shape index (κ2) is 9.34. The van der Waals surface area contributed by atoms with Gasteiger partial charge < -0.3 is 14.8 Å². The smallest absolute Gasteiger partial charge is 0.465 e. The summed E-state index contributed by atoms with van der Waals surface area (Å²) in [6.07, 6.45) is 0. The van der Waals surface area contributed by atoms with E-state index in [-0.39, 0.29) is 16.6 Å². The van der Waals surface area contributed by atoms with E-state index in [0.717, 1.165) is 0 Å². The van der Waals surface area contributed by atoms with E-state index in [1.807, 2.05) is 0 Å². The van der Waals surface area contributed by atoms with Gasteiger partial charge in [-0.1, -0.05) is 53.5 Å². The van der Waals surface area contributed by atoms with Crippen molar-refractivity contribution >= 4 is 37.4 Å². The van der Waals surface area contributed by atoms with Gasteiger partial charge in [0, 0.05) is 5.39 Å². The molecule has 0 aliphatic rings. The second-order valence-electron chi connectivity index (χ2n) is 8.60. The Morgan fingerprint density at radius 3 is 2.10 bits per heavy atom. The molecule has 2 rings (SSSR count). The zero-order valence-electron chi connectivity index (χ0n) is 18.7. The average molecular weight is 428 g/mol. The molecule has 0 fully saturated rings. The van der Waals surface area contributed by atoms with Gasteiger partial charge in [0.05, 0.1) is 18.2 Å². The molecule has 0 radical (unpaired) electrons. The van der Waals surface area contributed by atoms with Crippen molar-refractivity contribution in [2.24, 2.45) is 0 Å². The lowest BCUT2D eigenvalue weighted by atomic mass is 9.75. The van der Waals surface area contributed by atoms with E-state index < -0.39 is 27.0 Å². The van der Waals surface area contributed by atoms with Crippen molar-refractivity contribution in [1.82, 2.24) is 0 Å². The van der Waals surface area contributed by atoms with Crippen LogP contribution in [0.4, 0.5) is 4.39 Å². The molecule has 4 nitrogen and oxygen atoms in total. The van der Waals surface area contributed by atoms with E-state index >= 15 is 0 Å². The van der Waals surface area contributed by atoms with E-state index in [1.54, 1.807) is 6.07 Å². The highest BCUT2D eigenvalue weighted by Crippen LogP contribution is 2.41. The third-order valence-electron chi connectivity index (χ3n) is 6.07. The molecule has 0 aliphatic carbocycles. The fourth-order valence-electron chi connectivity index (χ4n) is 4.64. The molecule has 7 heteroatoms. The summed E-state index contributed by atoms with van der Waals surface area (Å²) in [5, 5.41) is 20.7. The first-order valence-electron chi connectivity index (χ1n) is 10.2. The molecule has 2 aromatic carbocycles. The van der Waals surface area contributed by atoms with Gasteiger partial charge in [-0.2, -0.15) is 0 Å². The largest absolute Gasteiger partial charge is 0.489 e. The topological polar surface area (TPSA) is 66.8 Å². The molecule has 0 heterocycles. The highest BCUT2D eigenvalue weighted by atomic mass is 28.3. The van der Waals surface area contributed by atoms with Crippen molar-refractivity contribution in [2.45, 2.75) is 58.2 Å². The number of carbonyl (C=O) groups is 1. The maximum Gasteiger partial charge on any atom is 0.489 e. The van der Waals surface area contributed by atoms with Crippen molar-refractivity contribution in [3.05, 3.63) is 41.2 Å². The van der Waals surface area contributed by atoms with Crippen LogP contribution in [0.5, 0.6) is 0 Å². The summed E-state index contributed by atoms with van der Waals surface area (Å²) in [4.78, 5) is 12.0. The van der Waals surface area contributed by atoms with Crippen LogP contribution in [-0.2, 0) is 4.74 Å². The van der Waals surface area contributed by atoms with Gasteiger partial charge >= 0.3 is 13.1 Å². The summed E-state index contributed by atoms with van der Waals surface area (Å²) >= 11 is 0. The first-order valence-corrected chi connectivity index (χ1v) is 12.4. The van der Waals surface area contributed by atoms with Crippen LogP contribution in [0.3, 0.4) is 0 Å². The molecule has 0 aromatic heterocycles. The highest BCUT2D eigenvalue weighted by Gasteiger charge is 2.41. The quantitative estimate of drug-likeness (QED) is 0.429. The number of fused-ring (bicyclic) bond motifs is 1. The second-order valence-corrected chi connectivity index (χ2v) is 14.2. The number of ether oxygens (including phenoxy) is 1. The third kappa shape index (κ3) is 4.32. The molecule has 0 saturated carbocycles. The van der Waals surface area contributed by atoms with E-state index in [1.165, 1.54) is 25.3 Å². The van der Waals surface area contributed by atoms with Gasteiger partial charge in [-0.25, -0.2) is 9.18 Å². The molecule has 0 unspecified atom stereocenters. The molecule has 160 valence electrons. The zero-order valence-corrected chi connectivity index (χ0v) is 19.7. The van der Waals surface area contributed by atoms with Crippen LogP contribution in [0.2, 0.25) is 16.6 Å². The first kappa shape index (κ1) is 24.1. The number of benzene rings is 2. The number of hydrogen-bond acceptors (Lipinski definition) is 4. The van der Waals surface area contributed by atoms with Crippen molar-refractivity contribution in [3.63, 3.8) is 0 Å². The molecule has 0 bridgehead atoms. The van der Waals surface area contributed by atoms with Crippen LogP contribution in [0.15, 0.2) is 24.3 Å². The molecule has 2 aromatic rings. The number of hydrogen-bond donors (Lipinski definition) is 2. The van der Waals surface area contributed by atoms with E-state index in [2.05, 4.69) is 53.0 Å². The summed E-state index contributed by atoms with van der Waals surface area (Å²) in [6.45, 7) is 13.0. The number of esters is 1. The predicted molar refractivity (Wildman–Crippen MR) is 123 cm³/mol. The molecule has 0 aliphatic heterocycles. The molecule has 0 saturated heterocycles. The SMILES string of the molecule is COC(=O)c1cc(B(O)O)c2c(C#C[Si](C(C)C)(C(C)C)C(C)C)c(F)ccc2c1. The minimum Gasteiger partial charge on any atom is -0.465 e. The van der Waals surface area contributed by atoms with Gasteiger partial charge in [0.15, 0.2) is 0 Å². The van der Waals surface area contributed by atoms with Crippen LogP contribution in [-0.4, -0.2) is 38.3 Å². The number of rotatable bonds is 5. The van der Waals surface area contributed by atoms with Crippen molar-refractivity contribution in [3.8, 4) is 11.5 Å². The Balaban J connectivity index is 2.88. The van der Waals surface area contributed by atoms with Gasteiger partial charge in [0.1, 0.15) is 13.9 Å². The Morgan fingerprint density at radius 2 is 1.63 bits per heavy atom. The minimum absolute atomic E-state index is 0.0302. The number of carbonyl (C=O) groups excluding carboxylic acids is 1. The zero-order chi connectivity index (χ0) is 22.8. The Morgan fingerprint density at radius 1 is 1.07 bits per heavy atom. The summed E-state index contributed by atoms with van der Waals surface area (Å²) < 4.78 is 19.7. The summed E-state index contributed by atoms with van der Waals surface area (Å²) in [5.74, 6) is 1.96. The summed E-state index contributed by atoms with van der Waals surface area (Å²) in [6, 6.07) is 5.67. The Labute approximate surface area is 179 Å². The first-order chi connectivity index (χ1) is 14.0. The van der Waals surface area contributed by atoms with Crippen molar-refractivity contribution in [1.29, 1.82) is 0 Å². The van der Waals surface area contributed by atoms with Crippen LogP contribution < -0.4 is 5.46 Å². The Bertz CT molecular complexity index is 984. The molecular weight excluding hydrogens is 398 g/mol. The maximum atomic E-state index is 14.9. The lowest BCUT2D eigenvalue weighted by Gasteiger charge is -2.38. The standard InChI is InChI=1S/C23H30BFO4Si/c1-14(2)30(15(3)4,16(5)6)11-10-19-21(25)9-8-17-12-18(23(26)29-7)13-20(22(17)19)24(27)28/h8-9,12-16,27-28H,1-7H3. The van der Waals surface area contributed by atoms with Gasteiger partial charge in [0.2, 0.25) is 0 Å². The van der Waals surface area contributed by atoms with Crippen LogP contribution in [0.1, 0.15) is 57.5 Å². The summed E-state index contributed by atoms with van der Waals surface area (Å²) in [7, 11) is -2.77. The molecule has 2 N–H and O–H groups in total. The Hall–Kier alpha value is -2.14. The molecule has 0 amide bonds.